The SMILES string of the molecule is CC1C(C)(C(N)=O)C(=O)[C@@H](N(C)C)C(C(C)(C)C)[C@]1(O)C(C)(C)C. The maximum Gasteiger partial charge on any atom is 0.231 e. The van der Waals surface area contributed by atoms with Crippen LogP contribution in [0, 0.1) is 28.1 Å². The normalized spacial score (nSPS) is 38.5. The van der Waals surface area contributed by atoms with E-state index in [1.165, 1.54) is 0 Å². The molecule has 1 rings (SSSR count). The van der Waals surface area contributed by atoms with E-state index in [1.54, 1.807) is 13.8 Å². The molecule has 1 fully saturated rings. The summed E-state index contributed by atoms with van der Waals surface area (Å²) in [7, 11) is 3.64. The molecule has 0 saturated heterocycles. The molecule has 0 aromatic carbocycles. The van der Waals surface area contributed by atoms with E-state index in [0.29, 0.717) is 0 Å². The highest BCUT2D eigenvalue weighted by Gasteiger charge is 2.69. The molecule has 5 nitrogen and oxygen atoms in total. The molecule has 140 valence electrons. The Morgan fingerprint density at radius 3 is 1.83 bits per heavy atom. The minimum Gasteiger partial charge on any atom is -0.389 e. The second-order valence-electron chi connectivity index (χ2n) is 9.98. The van der Waals surface area contributed by atoms with Gasteiger partial charge < -0.3 is 10.8 Å². The number of Topliss-reactive ketones (excluding diaryl/α,β-unsaturated/α-hetero) is 1. The van der Waals surface area contributed by atoms with Gasteiger partial charge in [-0.25, -0.2) is 0 Å². The van der Waals surface area contributed by atoms with Crippen molar-refractivity contribution in [2.45, 2.75) is 67.0 Å². The number of rotatable bonds is 2. The Morgan fingerprint density at radius 2 is 1.58 bits per heavy atom. The fourth-order valence-electron chi connectivity index (χ4n) is 4.74. The Morgan fingerprint density at radius 1 is 1.17 bits per heavy atom. The Bertz CT molecular complexity index is 530. The first-order valence-electron chi connectivity index (χ1n) is 8.68. The molecule has 0 aliphatic heterocycles. The first-order valence-corrected chi connectivity index (χ1v) is 8.68. The van der Waals surface area contributed by atoms with Crippen LogP contribution in [0.1, 0.15) is 55.4 Å². The van der Waals surface area contributed by atoms with Crippen molar-refractivity contribution in [2.24, 2.45) is 33.8 Å². The topological polar surface area (TPSA) is 83.6 Å². The van der Waals surface area contributed by atoms with E-state index in [9.17, 15) is 14.7 Å². The van der Waals surface area contributed by atoms with Crippen LogP contribution in [0.4, 0.5) is 0 Å². The molecule has 1 saturated carbocycles. The lowest BCUT2D eigenvalue weighted by Gasteiger charge is -2.63. The fraction of sp³-hybridized carbons (Fsp3) is 0.895. The smallest absolute Gasteiger partial charge is 0.231 e. The van der Waals surface area contributed by atoms with Crippen molar-refractivity contribution in [1.82, 2.24) is 4.90 Å². The van der Waals surface area contributed by atoms with Crippen molar-refractivity contribution in [3.05, 3.63) is 0 Å². The van der Waals surface area contributed by atoms with Gasteiger partial charge in [-0.05, 0) is 31.8 Å². The molecule has 0 aromatic heterocycles. The highest BCUT2D eigenvalue weighted by molar-refractivity contribution is 6.08. The average molecular weight is 341 g/mol. The summed E-state index contributed by atoms with van der Waals surface area (Å²) in [4.78, 5) is 27.5. The highest BCUT2D eigenvalue weighted by Crippen LogP contribution is 2.59. The number of nitrogens with zero attached hydrogens (tertiary/aromatic N) is 1. The van der Waals surface area contributed by atoms with Gasteiger partial charge in [-0.1, -0.05) is 48.5 Å². The maximum atomic E-state index is 13.4. The molecule has 1 aliphatic carbocycles. The van der Waals surface area contributed by atoms with Gasteiger partial charge in [-0.2, -0.15) is 0 Å². The minimum atomic E-state index is -1.40. The number of ketones is 1. The summed E-state index contributed by atoms with van der Waals surface area (Å²) >= 11 is 0. The molecular formula is C19H36N2O3. The third-order valence-electron chi connectivity index (χ3n) is 6.30. The predicted octanol–water partition coefficient (Wildman–Crippen LogP) is 2.07. The Kier molecular flexibility index (Phi) is 5.10. The van der Waals surface area contributed by atoms with Gasteiger partial charge in [0.15, 0.2) is 5.78 Å². The van der Waals surface area contributed by atoms with Crippen LogP contribution in [-0.2, 0) is 9.59 Å². The zero-order chi connectivity index (χ0) is 19.5. The van der Waals surface area contributed by atoms with Gasteiger partial charge in [0.05, 0.1) is 11.6 Å². The molecule has 0 heterocycles. The average Bonchev–Trinajstić information content (AvgIpc) is 2.36. The van der Waals surface area contributed by atoms with Crippen LogP contribution < -0.4 is 5.73 Å². The Balaban J connectivity index is 3.87. The summed E-state index contributed by atoms with van der Waals surface area (Å²) in [5.74, 6) is -1.78. The van der Waals surface area contributed by atoms with Gasteiger partial charge in [0, 0.05) is 11.8 Å². The van der Waals surface area contributed by atoms with Crippen molar-refractivity contribution in [2.75, 3.05) is 14.1 Å². The van der Waals surface area contributed by atoms with E-state index >= 15 is 0 Å². The quantitative estimate of drug-likeness (QED) is 0.754. The molecule has 5 atom stereocenters. The largest absolute Gasteiger partial charge is 0.389 e. The number of nitrogens with two attached hydrogens (primary N) is 1. The number of primary amides is 1. The van der Waals surface area contributed by atoms with Gasteiger partial charge in [0.25, 0.3) is 0 Å². The predicted molar refractivity (Wildman–Crippen MR) is 96.3 cm³/mol. The number of aliphatic hydroxyl groups is 1. The van der Waals surface area contributed by atoms with Crippen molar-refractivity contribution >= 4 is 11.7 Å². The summed E-state index contributed by atoms with van der Waals surface area (Å²) < 4.78 is 0. The lowest BCUT2D eigenvalue weighted by molar-refractivity contribution is -0.230. The van der Waals surface area contributed by atoms with Crippen molar-refractivity contribution < 1.29 is 14.7 Å². The van der Waals surface area contributed by atoms with Crippen LogP contribution >= 0.6 is 0 Å². The van der Waals surface area contributed by atoms with Crippen LogP contribution in [0.15, 0.2) is 0 Å². The maximum absolute atomic E-state index is 13.4. The number of likely N-dealkylation sites (N-methyl/N-ethyl adjacent to an activating group) is 1. The Labute approximate surface area is 147 Å². The van der Waals surface area contributed by atoms with Crippen molar-refractivity contribution in [3.63, 3.8) is 0 Å². The van der Waals surface area contributed by atoms with Gasteiger partial charge in [0.1, 0.15) is 5.41 Å². The van der Waals surface area contributed by atoms with E-state index in [-0.39, 0.29) is 17.1 Å². The van der Waals surface area contributed by atoms with Gasteiger partial charge in [0.2, 0.25) is 5.91 Å². The van der Waals surface area contributed by atoms with E-state index in [1.807, 2.05) is 60.5 Å². The lowest BCUT2D eigenvalue weighted by Crippen LogP contribution is -2.75. The van der Waals surface area contributed by atoms with Crippen LogP contribution in [-0.4, -0.2) is 47.4 Å². The minimum absolute atomic E-state index is 0.193. The summed E-state index contributed by atoms with van der Waals surface area (Å²) in [6.07, 6.45) is 0. The third-order valence-corrected chi connectivity index (χ3v) is 6.30. The summed E-state index contributed by atoms with van der Waals surface area (Å²) in [5, 5.41) is 12.0. The first-order chi connectivity index (χ1) is 10.4. The molecule has 3 unspecified atom stereocenters. The summed E-state index contributed by atoms with van der Waals surface area (Å²) in [5.41, 5.74) is 2.17. The van der Waals surface area contributed by atoms with Gasteiger partial charge in [-0.3, -0.25) is 14.5 Å². The van der Waals surface area contributed by atoms with Crippen molar-refractivity contribution in [1.29, 1.82) is 0 Å². The second kappa shape index (κ2) is 5.80. The number of hydrogen-bond donors (Lipinski definition) is 2. The standard InChI is InChI=1S/C19H36N2O3/c1-11-18(8,15(20)23)14(22)12(21(9)10)13(16(2,3)4)19(11,24)17(5,6)7/h11-13,24H,1-10H3,(H2,20,23)/t11?,12-,13?,18?,19-/m0/s1. The fourth-order valence-corrected chi connectivity index (χ4v) is 4.74. The van der Waals surface area contributed by atoms with E-state index in [4.69, 9.17) is 5.73 Å². The summed E-state index contributed by atoms with van der Waals surface area (Å²) in [6.45, 7) is 15.4. The molecule has 0 aromatic rings. The zero-order valence-corrected chi connectivity index (χ0v) is 17.0. The summed E-state index contributed by atoms with van der Waals surface area (Å²) in [6, 6.07) is -0.581. The van der Waals surface area contributed by atoms with E-state index in [0.717, 1.165) is 0 Å². The second-order valence-corrected chi connectivity index (χ2v) is 9.98. The zero-order valence-electron chi connectivity index (χ0n) is 17.0. The molecule has 3 N–H and O–H groups in total. The third kappa shape index (κ3) is 2.70. The lowest BCUT2D eigenvalue weighted by atomic mass is 9.44. The van der Waals surface area contributed by atoms with Gasteiger partial charge in [-0.15, -0.1) is 0 Å². The molecule has 24 heavy (non-hydrogen) atoms. The molecule has 1 amide bonds. The first kappa shape index (κ1) is 21.1. The van der Waals surface area contributed by atoms with Crippen LogP contribution in [0.3, 0.4) is 0 Å². The van der Waals surface area contributed by atoms with Crippen LogP contribution in [0.5, 0.6) is 0 Å². The molecule has 0 radical (unpaired) electrons. The molecule has 0 spiro atoms. The molecule has 0 bridgehead atoms. The van der Waals surface area contributed by atoms with E-state index < -0.39 is 34.3 Å². The number of carbonyl (C=O) groups is 2. The van der Waals surface area contributed by atoms with Crippen LogP contribution in [0.2, 0.25) is 0 Å². The molecule has 1 aliphatic rings. The van der Waals surface area contributed by atoms with Crippen LogP contribution in [0.25, 0.3) is 0 Å². The number of hydrogen-bond acceptors (Lipinski definition) is 4. The Hall–Kier alpha value is -0.940. The van der Waals surface area contributed by atoms with Crippen molar-refractivity contribution in [3.8, 4) is 0 Å². The number of carbonyl (C=O) groups excluding carboxylic acids is 2. The van der Waals surface area contributed by atoms with Gasteiger partial charge >= 0.3 is 0 Å². The highest BCUT2D eigenvalue weighted by atomic mass is 16.3. The monoisotopic (exact) mass is 340 g/mol. The molecule has 5 heteroatoms. The number of amides is 1. The van der Waals surface area contributed by atoms with E-state index in [2.05, 4.69) is 0 Å². The molecular weight excluding hydrogens is 304 g/mol.